The number of rotatable bonds is 37. The van der Waals surface area contributed by atoms with Crippen LogP contribution < -0.4 is 9.64 Å². The normalized spacial score (nSPS) is 19.2. The lowest BCUT2D eigenvalue weighted by Crippen LogP contribution is -2.58. The number of oxime groups is 1. The smallest absolute Gasteiger partial charge is 0.350 e. The first-order chi connectivity index (χ1) is 38.2. The number of carbonyl (C=O) groups is 1. The predicted molar refractivity (Wildman–Crippen MR) is 268 cm³/mol. The Balaban J connectivity index is 0.618. The maximum Gasteiger partial charge on any atom is 0.350 e. The van der Waals surface area contributed by atoms with E-state index in [1.165, 1.54) is 4.68 Å². The number of anilines is 1. The van der Waals surface area contributed by atoms with Crippen molar-refractivity contribution in [2.45, 2.75) is 69.8 Å². The summed E-state index contributed by atoms with van der Waals surface area (Å²) in [6.07, 6.45) is 0.583. The standard InChI is InChI=1S/C47H66ClF3N9O18P/c48-46-53-43(35-25-52-60(44(35)54-46)45-41(63)40(62)38(77-45)28-75-31-79(64,65)66)58-29-47(30-58)4-1-33(2-5-47)56-76-22-21-73-18-17-71-15-16-72-19-20-74-27-34-26-59(57-55-34)6-8-68-10-12-70-14-13-69-11-9-67-7-3-39(61)78-42-36(50)23-32(49)24-37(42)51/h23-26,38,40-41,45,62-63H,1-22,27-31H2,(H2,64,65,66)/t38-,40-,41-,45-/m1/s1. The van der Waals surface area contributed by atoms with Crippen LogP contribution in [0.1, 0.15) is 44.0 Å². The molecular weight excluding hydrogens is 1100 g/mol. The molecule has 4 N–H and O–H groups in total. The fourth-order valence-corrected chi connectivity index (χ4v) is 9.01. The van der Waals surface area contributed by atoms with Crippen LogP contribution in [0.2, 0.25) is 5.28 Å². The third-order valence-corrected chi connectivity index (χ3v) is 13.1. The Hall–Kier alpha value is -4.60. The predicted octanol–water partition coefficient (Wildman–Crippen LogP) is 2.34. The molecule has 0 radical (unpaired) electrons. The van der Waals surface area contributed by atoms with E-state index in [9.17, 15) is 32.7 Å². The molecule has 0 bridgehead atoms. The minimum absolute atomic E-state index is 0.0311. The second-order valence-corrected chi connectivity index (χ2v) is 20.4. The molecule has 27 nitrogen and oxygen atoms in total. The zero-order chi connectivity index (χ0) is 56.0. The molecule has 0 amide bonds. The Morgan fingerprint density at radius 2 is 1.37 bits per heavy atom. The molecular formula is C47H66ClF3N9O18P. The van der Waals surface area contributed by atoms with Gasteiger partial charge >= 0.3 is 13.6 Å². The van der Waals surface area contributed by atoms with Crippen molar-refractivity contribution in [3.05, 3.63) is 53.0 Å². The zero-order valence-electron chi connectivity index (χ0n) is 43.2. The Labute approximate surface area is 456 Å². The number of hydrogen-bond donors (Lipinski definition) is 4. The van der Waals surface area contributed by atoms with Gasteiger partial charge in [-0.15, -0.1) is 5.10 Å². The number of aromatic nitrogens is 7. The number of fused-ring (bicyclic) bond motifs is 1. The first kappa shape index (κ1) is 62.0. The van der Waals surface area contributed by atoms with E-state index in [1.807, 2.05) is 0 Å². The molecule has 1 saturated carbocycles. The van der Waals surface area contributed by atoms with Gasteiger partial charge in [0, 0.05) is 30.6 Å². The van der Waals surface area contributed by atoms with Crippen molar-refractivity contribution in [3.8, 4) is 5.75 Å². The van der Waals surface area contributed by atoms with E-state index in [0.29, 0.717) is 127 Å². The fourth-order valence-electron chi connectivity index (χ4n) is 8.51. The Morgan fingerprint density at radius 3 is 1.99 bits per heavy atom. The van der Waals surface area contributed by atoms with E-state index in [0.717, 1.165) is 44.5 Å². The molecule has 440 valence electrons. The number of carbonyl (C=O) groups excluding carboxylic acids is 1. The van der Waals surface area contributed by atoms with Gasteiger partial charge in [0.05, 0.1) is 149 Å². The number of aliphatic hydroxyl groups is 2. The number of hydrogen-bond acceptors (Lipinski definition) is 23. The van der Waals surface area contributed by atoms with Gasteiger partial charge in [-0.3, -0.25) is 9.36 Å². The van der Waals surface area contributed by atoms with Crippen LogP contribution in [0.25, 0.3) is 11.0 Å². The van der Waals surface area contributed by atoms with E-state index in [-0.39, 0.29) is 50.2 Å². The number of aliphatic hydroxyl groups excluding tert-OH is 2. The number of esters is 1. The molecule has 1 aromatic carbocycles. The highest BCUT2D eigenvalue weighted by atomic mass is 35.5. The molecule has 7 rings (SSSR count). The number of nitrogens with zero attached hydrogens (tertiary/aromatic N) is 9. The lowest BCUT2D eigenvalue weighted by molar-refractivity contribution is -0.136. The van der Waals surface area contributed by atoms with E-state index in [4.69, 9.17) is 73.6 Å². The van der Waals surface area contributed by atoms with Crippen LogP contribution in [0.5, 0.6) is 5.75 Å². The third-order valence-electron chi connectivity index (χ3n) is 12.4. The lowest BCUT2D eigenvalue weighted by atomic mass is 9.68. The highest BCUT2D eigenvalue weighted by Gasteiger charge is 2.47. The van der Waals surface area contributed by atoms with E-state index in [2.05, 4.69) is 40.2 Å². The summed E-state index contributed by atoms with van der Waals surface area (Å²) in [5.74, 6) is -5.04. The van der Waals surface area contributed by atoms with Crippen LogP contribution in [0.4, 0.5) is 19.0 Å². The molecule has 1 aliphatic carbocycles. The maximum atomic E-state index is 13.6. The number of ether oxygens (including phenoxy) is 11. The average molecular weight is 1170 g/mol. The van der Waals surface area contributed by atoms with Crippen molar-refractivity contribution in [1.82, 2.24) is 34.7 Å². The highest BCUT2D eigenvalue weighted by Crippen LogP contribution is 2.46. The lowest BCUT2D eigenvalue weighted by Gasteiger charge is -2.53. The molecule has 2 aliphatic heterocycles. The molecule has 5 heterocycles. The summed E-state index contributed by atoms with van der Waals surface area (Å²) in [7, 11) is -4.43. The van der Waals surface area contributed by atoms with Crippen LogP contribution in [-0.4, -0.2) is 216 Å². The minimum Gasteiger partial charge on any atom is -0.420 e. The summed E-state index contributed by atoms with van der Waals surface area (Å²) in [6.45, 7) is 7.13. The van der Waals surface area contributed by atoms with Gasteiger partial charge in [-0.2, -0.15) is 15.1 Å². The van der Waals surface area contributed by atoms with Gasteiger partial charge in [-0.25, -0.2) is 22.5 Å². The maximum absolute atomic E-state index is 13.6. The molecule has 4 atom stereocenters. The zero-order valence-corrected chi connectivity index (χ0v) is 44.8. The van der Waals surface area contributed by atoms with Gasteiger partial charge in [-0.05, 0) is 37.3 Å². The van der Waals surface area contributed by atoms with Gasteiger partial charge in [0.15, 0.2) is 23.5 Å². The largest absolute Gasteiger partial charge is 0.420 e. The van der Waals surface area contributed by atoms with Crippen molar-refractivity contribution < 1.29 is 99.5 Å². The van der Waals surface area contributed by atoms with Gasteiger partial charge in [0.2, 0.25) is 11.0 Å². The Bertz CT molecular complexity index is 2570. The highest BCUT2D eigenvalue weighted by molar-refractivity contribution is 7.51. The van der Waals surface area contributed by atoms with Gasteiger partial charge in [0.25, 0.3) is 0 Å². The molecule has 3 aliphatic rings. The first-order valence-corrected chi connectivity index (χ1v) is 27.7. The van der Waals surface area contributed by atoms with Crippen LogP contribution in [0.3, 0.4) is 0 Å². The van der Waals surface area contributed by atoms with Crippen molar-refractivity contribution in [2.75, 3.05) is 137 Å². The van der Waals surface area contributed by atoms with Crippen molar-refractivity contribution in [2.24, 2.45) is 10.6 Å². The van der Waals surface area contributed by atoms with E-state index in [1.54, 1.807) is 17.1 Å². The number of benzene rings is 1. The average Bonchev–Trinajstić information content (AvgIpc) is 4.35. The summed E-state index contributed by atoms with van der Waals surface area (Å²) >= 11 is 6.36. The second-order valence-electron chi connectivity index (χ2n) is 18.4. The van der Waals surface area contributed by atoms with Crippen LogP contribution in [0, 0.1) is 22.9 Å². The van der Waals surface area contributed by atoms with Crippen LogP contribution in [-0.2, 0) is 74.7 Å². The number of halogens is 4. The van der Waals surface area contributed by atoms with Crippen molar-refractivity contribution in [1.29, 1.82) is 0 Å². The van der Waals surface area contributed by atoms with Gasteiger partial charge in [-0.1, -0.05) is 10.4 Å². The monoisotopic (exact) mass is 1170 g/mol. The Morgan fingerprint density at radius 1 is 0.785 bits per heavy atom. The molecule has 3 fully saturated rings. The summed E-state index contributed by atoms with van der Waals surface area (Å²) in [5, 5.41) is 38.8. The minimum atomic E-state index is -4.43. The first-order valence-electron chi connectivity index (χ1n) is 25.5. The molecule has 79 heavy (non-hydrogen) atoms. The second kappa shape index (κ2) is 31.6. The van der Waals surface area contributed by atoms with Gasteiger partial charge in [0.1, 0.15) is 48.6 Å². The summed E-state index contributed by atoms with van der Waals surface area (Å²) in [4.78, 5) is 46.3. The van der Waals surface area contributed by atoms with Crippen LogP contribution in [0.15, 0.2) is 29.7 Å². The molecule has 2 saturated heterocycles. The molecule has 4 aromatic rings. The third kappa shape index (κ3) is 19.8. The molecule has 3 aromatic heterocycles. The van der Waals surface area contributed by atoms with Crippen molar-refractivity contribution >= 4 is 47.7 Å². The summed E-state index contributed by atoms with van der Waals surface area (Å²) < 4.78 is 114. The van der Waals surface area contributed by atoms with Crippen LogP contribution >= 0.6 is 19.2 Å². The summed E-state index contributed by atoms with van der Waals surface area (Å²) in [6, 6.07) is 0.837. The van der Waals surface area contributed by atoms with E-state index >= 15 is 0 Å². The molecule has 0 unspecified atom stereocenters. The molecule has 1 spiro atoms. The SMILES string of the molecule is O=C(CCOCCOCCOCCOCCn1cc(COCCOCCOCCOCCON=C2CCC3(CC2)CN(c2nc(Cl)nc4c2cnn4[C@@H]2O[C@H](COCP(=O)(O)O)[C@@H](O)[C@H]2O)C3)nn1)Oc1c(F)cc(F)cc1F. The molecule has 32 heteroatoms. The quantitative estimate of drug-likeness (QED) is 0.0126. The fraction of sp³-hybridized carbons (Fsp3) is 0.681. The summed E-state index contributed by atoms with van der Waals surface area (Å²) in [5.41, 5.74) is 2.04. The van der Waals surface area contributed by atoms with Gasteiger partial charge < -0.3 is 81.8 Å². The Kier molecular flexibility index (Phi) is 24.8. The topological polar surface area (TPSA) is 316 Å². The van der Waals surface area contributed by atoms with E-state index < -0.39 is 67.7 Å². The van der Waals surface area contributed by atoms with Crippen molar-refractivity contribution in [3.63, 3.8) is 0 Å².